The highest BCUT2D eigenvalue weighted by molar-refractivity contribution is 7.85. The van der Waals surface area contributed by atoms with Gasteiger partial charge in [0.15, 0.2) is 12.4 Å². The van der Waals surface area contributed by atoms with E-state index < -0.39 is 71.2 Å². The summed E-state index contributed by atoms with van der Waals surface area (Å²) >= 11 is 0. The molecule has 4 N–H and O–H groups in total. The largest absolute Gasteiger partial charge is 0.462 e. The third-order valence-corrected chi connectivity index (χ3v) is 13.8. The number of allylic oxidation sites excluding steroid dienone is 4. The van der Waals surface area contributed by atoms with Crippen LogP contribution in [0.15, 0.2) is 24.3 Å². The van der Waals surface area contributed by atoms with Gasteiger partial charge in [0.05, 0.1) is 6.61 Å². The first-order valence-corrected chi connectivity index (χ1v) is 29.5. The van der Waals surface area contributed by atoms with E-state index in [2.05, 4.69) is 38.2 Å². The lowest BCUT2D eigenvalue weighted by molar-refractivity contribution is -0.297. The lowest BCUT2D eigenvalue weighted by atomic mass is 10.00. The molecule has 13 heteroatoms. The fourth-order valence-electron chi connectivity index (χ4n) is 8.71. The van der Waals surface area contributed by atoms with Crippen LogP contribution >= 0.6 is 0 Å². The van der Waals surface area contributed by atoms with E-state index in [1.54, 1.807) is 0 Å². The van der Waals surface area contributed by atoms with Gasteiger partial charge in [-0.3, -0.25) is 14.1 Å². The van der Waals surface area contributed by atoms with Gasteiger partial charge in [-0.1, -0.05) is 224 Å². The van der Waals surface area contributed by atoms with Crippen LogP contribution in [0.3, 0.4) is 0 Å². The van der Waals surface area contributed by atoms with Crippen molar-refractivity contribution in [1.29, 1.82) is 0 Å². The number of hydrogen-bond acceptors (Lipinski definition) is 11. The second-order valence-electron chi connectivity index (χ2n) is 19.6. The molecule has 0 radical (unpaired) electrons. The van der Waals surface area contributed by atoms with Crippen LogP contribution in [-0.2, 0) is 38.7 Å². The number of rotatable bonds is 48. The minimum atomic E-state index is -4.61. The van der Waals surface area contributed by atoms with E-state index in [-0.39, 0.29) is 19.4 Å². The summed E-state index contributed by atoms with van der Waals surface area (Å²) in [6.45, 7) is 3.79. The second-order valence-corrected chi connectivity index (χ2v) is 21.1. The molecule has 1 saturated heterocycles. The maximum Gasteiger partial charge on any atom is 0.306 e. The third kappa shape index (κ3) is 38.8. The van der Waals surface area contributed by atoms with Crippen LogP contribution < -0.4 is 0 Å². The Morgan fingerprint density at radius 2 is 0.882 bits per heavy atom. The number of ether oxygens (including phenoxy) is 4. The highest BCUT2D eigenvalue weighted by atomic mass is 32.2. The van der Waals surface area contributed by atoms with Crippen molar-refractivity contribution in [2.45, 2.75) is 295 Å². The summed E-state index contributed by atoms with van der Waals surface area (Å²) < 4.78 is 54.4. The zero-order valence-electron chi connectivity index (χ0n) is 43.2. The van der Waals surface area contributed by atoms with Crippen LogP contribution in [0.2, 0.25) is 0 Å². The van der Waals surface area contributed by atoms with Crippen LogP contribution in [0.25, 0.3) is 0 Å². The Labute approximate surface area is 415 Å². The standard InChI is InChI=1S/C55H102O12S/c1-3-5-7-9-11-13-15-17-19-21-23-24-26-28-30-32-34-36-38-40-42-44-51(57)66-48(46-65-55-54(60)53(59)52(58)49(67-55)47-68(61,62)63)45-64-50(56)43-41-39-37-35-33-31-29-27-25-22-20-18-16-14-12-10-8-6-4-2/h12,14,18,20,48-49,52-55,58-60H,3-11,13,15-17,19,21-47H2,1-2H3,(H,61,62,63)/b14-12+,20-18+/t48-,49-,52-,53?,54?,55+/m1/s1. The molecule has 1 heterocycles. The molecule has 0 amide bonds. The number of aliphatic hydroxyl groups excluding tert-OH is 3. The molecule has 1 aliphatic rings. The average Bonchev–Trinajstić information content (AvgIpc) is 3.31. The van der Waals surface area contributed by atoms with E-state index in [4.69, 9.17) is 18.9 Å². The summed E-state index contributed by atoms with van der Waals surface area (Å²) in [4.78, 5) is 25.6. The first-order chi connectivity index (χ1) is 33.0. The Hall–Kier alpha value is -1.87. The van der Waals surface area contributed by atoms with Gasteiger partial charge in [-0.05, 0) is 44.9 Å². The Morgan fingerprint density at radius 1 is 0.500 bits per heavy atom. The molecule has 68 heavy (non-hydrogen) atoms. The molecule has 0 bridgehead atoms. The average molecular weight is 987 g/mol. The quantitative estimate of drug-likeness (QED) is 0.0196. The Bertz CT molecular complexity index is 1340. The number of hydrogen-bond donors (Lipinski definition) is 4. The summed E-state index contributed by atoms with van der Waals surface area (Å²) in [5.41, 5.74) is 0. The van der Waals surface area contributed by atoms with Crippen molar-refractivity contribution in [2.75, 3.05) is 19.0 Å². The maximum atomic E-state index is 12.9. The molecule has 1 aliphatic heterocycles. The monoisotopic (exact) mass is 987 g/mol. The van der Waals surface area contributed by atoms with Crippen molar-refractivity contribution in [2.24, 2.45) is 0 Å². The smallest absolute Gasteiger partial charge is 0.306 e. The first kappa shape index (κ1) is 64.1. The number of carbonyl (C=O) groups is 2. The zero-order valence-corrected chi connectivity index (χ0v) is 44.0. The summed E-state index contributed by atoms with van der Waals surface area (Å²) in [6, 6.07) is 0. The Balaban J connectivity index is 2.32. The van der Waals surface area contributed by atoms with E-state index in [1.807, 2.05) is 0 Å². The van der Waals surface area contributed by atoms with Crippen LogP contribution in [0, 0.1) is 0 Å². The van der Waals surface area contributed by atoms with E-state index in [0.29, 0.717) is 12.8 Å². The van der Waals surface area contributed by atoms with Crippen LogP contribution in [0.5, 0.6) is 0 Å². The highest BCUT2D eigenvalue weighted by Crippen LogP contribution is 2.24. The van der Waals surface area contributed by atoms with Gasteiger partial charge >= 0.3 is 11.9 Å². The SMILES string of the molecule is CCCCC/C=C/C/C=C/CCCCCCCCCCCC(=O)OC[C@H](CO[C@H]1O[C@H](CS(=O)(=O)O)[C@@H](O)C(O)C1O)OC(=O)CCCCCCCCCCCCCCCCCCCCCCC. The van der Waals surface area contributed by atoms with E-state index in [0.717, 1.165) is 51.4 Å². The Kier molecular flexibility index (Phi) is 42.5. The summed E-state index contributed by atoms with van der Waals surface area (Å²) in [5.74, 6) is -1.97. The molecular weight excluding hydrogens is 885 g/mol. The molecule has 0 aromatic heterocycles. The van der Waals surface area contributed by atoms with Crippen LogP contribution in [-0.4, -0.2) is 96.0 Å². The van der Waals surface area contributed by atoms with Gasteiger partial charge in [0.25, 0.3) is 10.1 Å². The number of aliphatic hydroxyl groups is 3. The molecule has 0 aliphatic carbocycles. The molecular formula is C55H102O12S. The van der Waals surface area contributed by atoms with Gasteiger partial charge in [-0.15, -0.1) is 0 Å². The summed E-state index contributed by atoms with van der Waals surface area (Å²) in [7, 11) is -4.61. The van der Waals surface area contributed by atoms with E-state index in [9.17, 15) is 37.9 Å². The van der Waals surface area contributed by atoms with Crippen molar-refractivity contribution < 1.29 is 56.8 Å². The topological polar surface area (TPSA) is 186 Å². The molecule has 1 rings (SSSR count). The molecule has 6 atom stereocenters. The number of carbonyl (C=O) groups excluding carboxylic acids is 2. The van der Waals surface area contributed by atoms with Crippen LogP contribution in [0.1, 0.15) is 258 Å². The van der Waals surface area contributed by atoms with Gasteiger partial charge in [-0.25, -0.2) is 0 Å². The molecule has 400 valence electrons. The molecule has 0 aromatic carbocycles. The van der Waals surface area contributed by atoms with Crippen molar-refractivity contribution in [3.8, 4) is 0 Å². The third-order valence-electron chi connectivity index (χ3n) is 13.0. The van der Waals surface area contributed by atoms with Crippen molar-refractivity contribution in [3.63, 3.8) is 0 Å². The van der Waals surface area contributed by atoms with Gasteiger partial charge in [0.1, 0.15) is 36.8 Å². The Morgan fingerprint density at radius 3 is 1.32 bits per heavy atom. The molecule has 0 saturated carbocycles. The minimum Gasteiger partial charge on any atom is -0.462 e. The summed E-state index contributed by atoms with van der Waals surface area (Å²) in [5, 5.41) is 31.0. The van der Waals surface area contributed by atoms with E-state index in [1.165, 1.54) is 167 Å². The lowest BCUT2D eigenvalue weighted by Crippen LogP contribution is -2.60. The van der Waals surface area contributed by atoms with Crippen molar-refractivity contribution in [1.82, 2.24) is 0 Å². The van der Waals surface area contributed by atoms with Crippen LogP contribution in [0.4, 0.5) is 0 Å². The van der Waals surface area contributed by atoms with Gasteiger partial charge in [0.2, 0.25) is 0 Å². The molecule has 2 unspecified atom stereocenters. The molecule has 0 spiro atoms. The maximum absolute atomic E-state index is 12.9. The van der Waals surface area contributed by atoms with Gasteiger partial charge in [-0.2, -0.15) is 8.42 Å². The molecule has 12 nitrogen and oxygen atoms in total. The zero-order chi connectivity index (χ0) is 49.8. The minimum absolute atomic E-state index is 0.169. The molecule has 1 fully saturated rings. The summed E-state index contributed by atoms with van der Waals surface area (Å²) in [6.07, 6.45) is 43.6. The van der Waals surface area contributed by atoms with E-state index >= 15 is 0 Å². The molecule has 0 aromatic rings. The fraction of sp³-hybridized carbons (Fsp3) is 0.891. The first-order valence-electron chi connectivity index (χ1n) is 27.9. The lowest BCUT2D eigenvalue weighted by Gasteiger charge is -2.40. The normalized spacial score (nSPS) is 19.3. The highest BCUT2D eigenvalue weighted by Gasteiger charge is 2.46. The number of esters is 2. The second kappa shape index (κ2) is 45.0. The van der Waals surface area contributed by atoms with Crippen molar-refractivity contribution in [3.05, 3.63) is 24.3 Å². The van der Waals surface area contributed by atoms with Gasteiger partial charge < -0.3 is 34.3 Å². The fourth-order valence-corrected chi connectivity index (χ4v) is 9.40. The van der Waals surface area contributed by atoms with Gasteiger partial charge in [0, 0.05) is 12.8 Å². The predicted octanol–water partition coefficient (Wildman–Crippen LogP) is 13.1. The number of unbranched alkanes of at least 4 members (excludes halogenated alkanes) is 32. The van der Waals surface area contributed by atoms with Crippen molar-refractivity contribution >= 4 is 22.1 Å². The predicted molar refractivity (Wildman–Crippen MR) is 275 cm³/mol.